The molecule has 0 fully saturated rings. The van der Waals surface area contributed by atoms with Gasteiger partial charge in [-0.3, -0.25) is 0 Å². The SMILES string of the molecule is N#C[C@@H](O)I. The van der Waals surface area contributed by atoms with Crippen LogP contribution in [0.25, 0.3) is 0 Å². The third-order valence-corrected chi connectivity index (χ3v) is 0.385. The lowest BCUT2D eigenvalue weighted by Gasteiger charge is -1.74. The second kappa shape index (κ2) is 2.42. The molecule has 1 N–H and O–H groups in total. The van der Waals surface area contributed by atoms with Crippen molar-refractivity contribution in [2.45, 2.75) is 4.11 Å². The van der Waals surface area contributed by atoms with Crippen LogP contribution in [-0.2, 0) is 0 Å². The van der Waals surface area contributed by atoms with Gasteiger partial charge in [-0.25, -0.2) is 0 Å². The van der Waals surface area contributed by atoms with Gasteiger partial charge in [-0.1, -0.05) is 0 Å². The zero-order chi connectivity index (χ0) is 4.28. The van der Waals surface area contributed by atoms with E-state index in [2.05, 4.69) is 0 Å². The molecule has 0 aromatic rings. The summed E-state index contributed by atoms with van der Waals surface area (Å²) in [5.74, 6) is 0. The maximum absolute atomic E-state index is 7.99. The van der Waals surface area contributed by atoms with Crippen LogP contribution in [0.1, 0.15) is 0 Å². The molecule has 0 aliphatic rings. The minimum Gasteiger partial charge on any atom is -0.370 e. The molecule has 0 rings (SSSR count). The molecule has 1 atom stereocenters. The van der Waals surface area contributed by atoms with Gasteiger partial charge in [0, 0.05) is 0 Å². The van der Waals surface area contributed by atoms with Gasteiger partial charge in [0.05, 0.1) is 0 Å². The van der Waals surface area contributed by atoms with Crippen LogP contribution in [0.2, 0.25) is 0 Å². The first-order valence-electron chi connectivity index (χ1n) is 0.989. The Labute approximate surface area is 43.6 Å². The van der Waals surface area contributed by atoms with Crippen LogP contribution < -0.4 is 0 Å². The normalized spacial score (nSPS) is 13.0. The van der Waals surface area contributed by atoms with Crippen LogP contribution in [0.4, 0.5) is 0 Å². The highest BCUT2D eigenvalue weighted by Crippen LogP contribution is 1.87. The Balaban J connectivity index is 2.94. The van der Waals surface area contributed by atoms with Crippen molar-refractivity contribution in [3.8, 4) is 6.07 Å². The molecular formula is C2H2INO. The van der Waals surface area contributed by atoms with Crippen molar-refractivity contribution in [2.24, 2.45) is 0 Å². The molecule has 0 saturated heterocycles. The molecule has 0 bridgehead atoms. The minimum atomic E-state index is -0.840. The molecule has 3 heteroatoms. The molecule has 0 radical (unpaired) electrons. The van der Waals surface area contributed by atoms with Crippen LogP contribution in [0, 0.1) is 11.3 Å². The summed E-state index contributed by atoms with van der Waals surface area (Å²) >= 11 is 1.60. The van der Waals surface area contributed by atoms with E-state index in [9.17, 15) is 0 Å². The van der Waals surface area contributed by atoms with Crippen molar-refractivity contribution < 1.29 is 5.11 Å². The Morgan fingerprint density at radius 2 is 2.20 bits per heavy atom. The number of aliphatic hydroxyl groups is 1. The zero-order valence-corrected chi connectivity index (χ0v) is 4.51. The molecule has 0 spiro atoms. The summed E-state index contributed by atoms with van der Waals surface area (Å²) in [6, 6.07) is 1.57. The summed E-state index contributed by atoms with van der Waals surface area (Å²) in [5.41, 5.74) is 0. The van der Waals surface area contributed by atoms with Gasteiger partial charge in [0.2, 0.25) is 0 Å². The first-order chi connectivity index (χ1) is 2.27. The lowest BCUT2D eigenvalue weighted by atomic mass is 10.9. The van der Waals surface area contributed by atoms with Gasteiger partial charge in [-0.05, 0) is 22.6 Å². The molecular weight excluding hydrogens is 181 g/mol. The van der Waals surface area contributed by atoms with Crippen molar-refractivity contribution in [3.63, 3.8) is 0 Å². The van der Waals surface area contributed by atoms with E-state index in [-0.39, 0.29) is 0 Å². The highest BCUT2D eigenvalue weighted by molar-refractivity contribution is 14.1. The predicted molar refractivity (Wildman–Crippen MR) is 25.6 cm³/mol. The fourth-order valence-corrected chi connectivity index (χ4v) is 0. The van der Waals surface area contributed by atoms with E-state index in [1.807, 2.05) is 0 Å². The van der Waals surface area contributed by atoms with Gasteiger partial charge in [0.25, 0.3) is 0 Å². The Hall–Kier alpha value is 0.180. The van der Waals surface area contributed by atoms with Gasteiger partial charge in [-0.2, -0.15) is 5.26 Å². The summed E-state index contributed by atoms with van der Waals surface area (Å²) in [7, 11) is 0. The van der Waals surface area contributed by atoms with E-state index >= 15 is 0 Å². The summed E-state index contributed by atoms with van der Waals surface area (Å²) in [4.78, 5) is 0. The molecule has 0 saturated carbocycles. The van der Waals surface area contributed by atoms with E-state index in [1.54, 1.807) is 28.7 Å². The van der Waals surface area contributed by atoms with Crippen LogP contribution in [-0.4, -0.2) is 9.22 Å². The largest absolute Gasteiger partial charge is 0.370 e. The van der Waals surface area contributed by atoms with E-state index in [0.717, 1.165) is 0 Å². The average Bonchev–Trinajstić information content (AvgIpc) is 1.38. The number of aliphatic hydroxyl groups excluding tert-OH is 1. The second-order valence-corrected chi connectivity index (χ2v) is 1.64. The molecule has 28 valence electrons. The predicted octanol–water partition coefficient (Wildman–Crippen LogP) is 0.263. The van der Waals surface area contributed by atoms with Crippen molar-refractivity contribution in [3.05, 3.63) is 0 Å². The topological polar surface area (TPSA) is 44.0 Å². The third-order valence-electron chi connectivity index (χ3n) is 0.107. The van der Waals surface area contributed by atoms with E-state index in [1.165, 1.54) is 0 Å². The molecule has 0 aromatic heterocycles. The fraction of sp³-hybridized carbons (Fsp3) is 0.500. The maximum atomic E-state index is 7.99. The number of nitrogens with zero attached hydrogens (tertiary/aromatic N) is 1. The molecule has 5 heavy (non-hydrogen) atoms. The average molecular weight is 183 g/mol. The molecule has 0 aromatic carbocycles. The van der Waals surface area contributed by atoms with E-state index < -0.39 is 4.11 Å². The Morgan fingerprint density at radius 1 is 2.00 bits per heavy atom. The number of hydrogen-bond acceptors (Lipinski definition) is 2. The van der Waals surface area contributed by atoms with Crippen LogP contribution in [0.15, 0.2) is 0 Å². The number of rotatable bonds is 0. The molecule has 0 amide bonds. The first-order valence-corrected chi connectivity index (χ1v) is 2.23. The lowest BCUT2D eigenvalue weighted by Crippen LogP contribution is -1.83. The van der Waals surface area contributed by atoms with Crippen LogP contribution in [0.5, 0.6) is 0 Å². The lowest BCUT2D eigenvalue weighted by molar-refractivity contribution is 0.331. The molecule has 0 unspecified atom stereocenters. The van der Waals surface area contributed by atoms with Crippen LogP contribution >= 0.6 is 22.6 Å². The summed E-state index contributed by atoms with van der Waals surface area (Å²) < 4.78 is -0.840. The summed E-state index contributed by atoms with van der Waals surface area (Å²) in [6.07, 6.45) is 0. The summed E-state index contributed by atoms with van der Waals surface area (Å²) in [5, 5.41) is 15.6. The smallest absolute Gasteiger partial charge is 0.192 e. The van der Waals surface area contributed by atoms with Gasteiger partial charge < -0.3 is 5.11 Å². The van der Waals surface area contributed by atoms with Gasteiger partial charge in [0.15, 0.2) is 4.11 Å². The molecule has 0 heterocycles. The molecule has 2 nitrogen and oxygen atoms in total. The quantitative estimate of drug-likeness (QED) is 0.332. The van der Waals surface area contributed by atoms with Gasteiger partial charge >= 0.3 is 0 Å². The minimum absolute atomic E-state index is 0.840. The van der Waals surface area contributed by atoms with E-state index in [0.29, 0.717) is 0 Å². The van der Waals surface area contributed by atoms with Gasteiger partial charge in [-0.15, -0.1) is 0 Å². The van der Waals surface area contributed by atoms with Crippen molar-refractivity contribution in [1.29, 1.82) is 5.26 Å². The first kappa shape index (κ1) is 5.18. The number of hydrogen-bond donors (Lipinski definition) is 1. The van der Waals surface area contributed by atoms with Crippen molar-refractivity contribution in [2.75, 3.05) is 0 Å². The maximum Gasteiger partial charge on any atom is 0.192 e. The second-order valence-electron chi connectivity index (χ2n) is 0.465. The standard InChI is InChI=1S/C2H2INO/c3-2(5)1-4/h2,5H/t2-/m1/s1. The summed E-state index contributed by atoms with van der Waals surface area (Å²) in [6.45, 7) is 0. The van der Waals surface area contributed by atoms with Crippen molar-refractivity contribution >= 4 is 22.6 Å². The monoisotopic (exact) mass is 183 g/mol. The van der Waals surface area contributed by atoms with Crippen LogP contribution in [0.3, 0.4) is 0 Å². The number of halogens is 1. The number of nitriles is 1. The highest BCUT2D eigenvalue weighted by atomic mass is 127. The van der Waals surface area contributed by atoms with Crippen molar-refractivity contribution in [1.82, 2.24) is 0 Å². The Bertz CT molecular complexity index is 55.2. The molecule has 0 aliphatic heterocycles. The third kappa shape index (κ3) is 4.18. The fourth-order valence-electron chi connectivity index (χ4n) is 0. The van der Waals surface area contributed by atoms with Gasteiger partial charge in [0.1, 0.15) is 6.07 Å². The molecule has 0 aliphatic carbocycles. The Kier molecular flexibility index (Phi) is 2.51. The highest BCUT2D eigenvalue weighted by Gasteiger charge is 1.83. The number of alkyl halides is 1. The van der Waals surface area contributed by atoms with E-state index in [4.69, 9.17) is 10.4 Å². The zero-order valence-electron chi connectivity index (χ0n) is 2.35. The Morgan fingerprint density at radius 3 is 2.20 bits per heavy atom.